The van der Waals surface area contributed by atoms with Crippen LogP contribution >= 0.6 is 0 Å². The fourth-order valence-corrected chi connectivity index (χ4v) is 6.31. The van der Waals surface area contributed by atoms with E-state index in [-0.39, 0.29) is 35.6 Å². The van der Waals surface area contributed by atoms with Crippen LogP contribution in [0.5, 0.6) is 0 Å². The third-order valence-corrected chi connectivity index (χ3v) is 8.08. The average molecular weight is 499 g/mol. The van der Waals surface area contributed by atoms with E-state index >= 15 is 0 Å². The van der Waals surface area contributed by atoms with Gasteiger partial charge in [-0.25, -0.2) is 13.2 Å². The Morgan fingerprint density at radius 3 is 2.17 bits per heavy atom. The number of ether oxygens (including phenoxy) is 1. The van der Waals surface area contributed by atoms with E-state index in [1.807, 2.05) is 0 Å². The minimum absolute atomic E-state index is 0.0140. The summed E-state index contributed by atoms with van der Waals surface area (Å²) < 4.78 is 29.0. The fourth-order valence-electron chi connectivity index (χ4n) is 4.58. The smallest absolute Gasteiger partial charge is 0.330 e. The minimum Gasteiger partial charge on any atom is -0.454 e. The summed E-state index contributed by atoms with van der Waals surface area (Å²) in [5, 5.41) is 0. The first-order chi connectivity index (χ1) is 16.7. The molecule has 184 valence electrons. The SMILES string of the molecule is CCN(C(=O)COC(=O)[C@H](Cc1ccccc1)N1C(=O)c2ccccc2C1=O)C1CCS(=O)(=O)C1. The Morgan fingerprint density at radius 1 is 1.03 bits per heavy atom. The average Bonchev–Trinajstić information content (AvgIpc) is 3.33. The number of likely N-dealkylation sites (N-methyl/N-ethyl adjacent to an activating group) is 1. The van der Waals surface area contributed by atoms with E-state index in [2.05, 4.69) is 0 Å². The fraction of sp³-hybridized carbons (Fsp3) is 0.360. The third kappa shape index (κ3) is 5.12. The molecule has 2 heterocycles. The number of rotatable bonds is 8. The lowest BCUT2D eigenvalue weighted by Crippen LogP contribution is -2.48. The first kappa shape index (κ1) is 24.6. The van der Waals surface area contributed by atoms with Gasteiger partial charge in [0.25, 0.3) is 17.7 Å². The van der Waals surface area contributed by atoms with E-state index in [0.29, 0.717) is 12.0 Å². The standard InChI is InChI=1S/C25H26N2O7S/c1-2-26(18-12-13-35(32,33)16-18)22(28)15-34-25(31)21(14-17-8-4-3-5-9-17)27-23(29)19-10-6-7-11-20(19)24(27)30/h3-11,18,21H,2,12-16H2,1H3/t18?,21-/m0/s1. The maximum absolute atomic E-state index is 13.2. The van der Waals surface area contributed by atoms with Gasteiger partial charge in [0.1, 0.15) is 6.04 Å². The van der Waals surface area contributed by atoms with Crippen LogP contribution in [0.3, 0.4) is 0 Å². The van der Waals surface area contributed by atoms with Crippen LogP contribution < -0.4 is 0 Å². The number of carbonyl (C=O) groups excluding carboxylic acids is 4. The molecular weight excluding hydrogens is 472 g/mol. The van der Waals surface area contributed by atoms with Crippen molar-refractivity contribution in [3.63, 3.8) is 0 Å². The molecule has 1 unspecified atom stereocenters. The van der Waals surface area contributed by atoms with E-state index < -0.39 is 52.2 Å². The van der Waals surface area contributed by atoms with Gasteiger partial charge >= 0.3 is 5.97 Å². The lowest BCUT2D eigenvalue weighted by Gasteiger charge is -2.28. The summed E-state index contributed by atoms with van der Waals surface area (Å²) in [6.45, 7) is 1.38. The van der Waals surface area contributed by atoms with Gasteiger partial charge in [0.15, 0.2) is 16.4 Å². The van der Waals surface area contributed by atoms with Crippen molar-refractivity contribution in [3.8, 4) is 0 Å². The van der Waals surface area contributed by atoms with E-state index in [1.165, 1.54) is 17.0 Å². The highest BCUT2D eigenvalue weighted by atomic mass is 32.2. The highest BCUT2D eigenvalue weighted by Crippen LogP contribution is 2.26. The predicted molar refractivity (Wildman–Crippen MR) is 126 cm³/mol. The van der Waals surface area contributed by atoms with Crippen LogP contribution in [0.25, 0.3) is 0 Å². The molecule has 1 fully saturated rings. The van der Waals surface area contributed by atoms with Crippen LogP contribution in [0, 0.1) is 0 Å². The van der Waals surface area contributed by atoms with Gasteiger partial charge in [-0.3, -0.25) is 19.3 Å². The lowest BCUT2D eigenvalue weighted by molar-refractivity contribution is -0.155. The highest BCUT2D eigenvalue weighted by molar-refractivity contribution is 7.91. The van der Waals surface area contributed by atoms with Crippen molar-refractivity contribution in [1.29, 1.82) is 0 Å². The van der Waals surface area contributed by atoms with Gasteiger partial charge in [-0.15, -0.1) is 0 Å². The lowest BCUT2D eigenvalue weighted by atomic mass is 10.0. The number of imide groups is 1. The summed E-state index contributed by atoms with van der Waals surface area (Å²) in [6, 6.07) is 13.5. The molecule has 4 rings (SSSR count). The summed E-state index contributed by atoms with van der Waals surface area (Å²) in [5.74, 6) is -2.70. The largest absolute Gasteiger partial charge is 0.454 e. The zero-order valence-electron chi connectivity index (χ0n) is 19.3. The van der Waals surface area contributed by atoms with Gasteiger partial charge in [0, 0.05) is 19.0 Å². The number of esters is 1. The number of sulfone groups is 1. The molecule has 2 aromatic carbocycles. The van der Waals surface area contributed by atoms with E-state index in [0.717, 1.165) is 4.90 Å². The molecule has 0 saturated carbocycles. The molecule has 0 aliphatic carbocycles. The molecule has 0 aromatic heterocycles. The Labute approximate surface area is 203 Å². The normalized spacial score (nSPS) is 19.3. The monoisotopic (exact) mass is 498 g/mol. The quantitative estimate of drug-likeness (QED) is 0.400. The number of hydrogen-bond acceptors (Lipinski definition) is 7. The van der Waals surface area contributed by atoms with Gasteiger partial charge in [0.05, 0.1) is 22.6 Å². The van der Waals surface area contributed by atoms with Crippen molar-refractivity contribution >= 4 is 33.5 Å². The van der Waals surface area contributed by atoms with Crippen molar-refractivity contribution in [2.24, 2.45) is 0 Å². The summed E-state index contributed by atoms with van der Waals surface area (Å²) >= 11 is 0. The number of amides is 3. The van der Waals surface area contributed by atoms with Gasteiger partial charge in [-0.1, -0.05) is 42.5 Å². The van der Waals surface area contributed by atoms with E-state index in [9.17, 15) is 27.6 Å². The molecular formula is C25H26N2O7S. The Balaban J connectivity index is 1.52. The predicted octanol–water partition coefficient (Wildman–Crippen LogP) is 1.47. The highest BCUT2D eigenvalue weighted by Gasteiger charge is 2.43. The number of nitrogens with zero attached hydrogens (tertiary/aromatic N) is 2. The van der Waals surface area contributed by atoms with Crippen molar-refractivity contribution in [2.45, 2.75) is 31.8 Å². The summed E-state index contributed by atoms with van der Waals surface area (Å²) in [7, 11) is -3.20. The molecule has 2 aliphatic rings. The molecule has 3 amide bonds. The molecule has 2 aromatic rings. The second-order valence-electron chi connectivity index (χ2n) is 8.58. The van der Waals surface area contributed by atoms with Crippen molar-refractivity contribution in [1.82, 2.24) is 9.80 Å². The molecule has 9 nitrogen and oxygen atoms in total. The Bertz CT molecular complexity index is 1220. The summed E-state index contributed by atoms with van der Waals surface area (Å²) in [6.07, 6.45) is 0.360. The molecule has 0 spiro atoms. The molecule has 2 atom stereocenters. The summed E-state index contributed by atoms with van der Waals surface area (Å²) in [5.41, 5.74) is 1.13. The van der Waals surface area contributed by atoms with Gasteiger partial charge < -0.3 is 9.64 Å². The molecule has 2 aliphatic heterocycles. The first-order valence-corrected chi connectivity index (χ1v) is 13.2. The molecule has 0 N–H and O–H groups in total. The number of benzene rings is 2. The maximum atomic E-state index is 13.2. The van der Waals surface area contributed by atoms with Crippen LogP contribution in [0.1, 0.15) is 39.6 Å². The van der Waals surface area contributed by atoms with Crippen LogP contribution in [0.2, 0.25) is 0 Å². The van der Waals surface area contributed by atoms with E-state index in [4.69, 9.17) is 4.74 Å². The Hall–Kier alpha value is -3.53. The number of carbonyl (C=O) groups is 4. The first-order valence-electron chi connectivity index (χ1n) is 11.4. The van der Waals surface area contributed by atoms with Crippen molar-refractivity contribution < 1.29 is 32.3 Å². The molecule has 0 radical (unpaired) electrons. The zero-order valence-corrected chi connectivity index (χ0v) is 20.1. The molecule has 10 heteroatoms. The van der Waals surface area contributed by atoms with Crippen molar-refractivity contribution in [2.75, 3.05) is 24.7 Å². The Kier molecular flexibility index (Phi) is 7.02. The van der Waals surface area contributed by atoms with Crippen molar-refractivity contribution in [3.05, 3.63) is 71.3 Å². The maximum Gasteiger partial charge on any atom is 0.330 e. The second-order valence-corrected chi connectivity index (χ2v) is 10.8. The van der Waals surface area contributed by atoms with Crippen LogP contribution in [0.15, 0.2) is 54.6 Å². The van der Waals surface area contributed by atoms with Gasteiger partial charge in [-0.05, 0) is 31.0 Å². The zero-order chi connectivity index (χ0) is 25.2. The second kappa shape index (κ2) is 9.99. The molecule has 0 bridgehead atoms. The van der Waals surface area contributed by atoms with Gasteiger partial charge in [-0.2, -0.15) is 0 Å². The van der Waals surface area contributed by atoms with E-state index in [1.54, 1.807) is 49.4 Å². The molecule has 1 saturated heterocycles. The third-order valence-electron chi connectivity index (χ3n) is 6.33. The topological polar surface area (TPSA) is 118 Å². The number of hydrogen-bond donors (Lipinski definition) is 0. The molecule has 35 heavy (non-hydrogen) atoms. The van der Waals surface area contributed by atoms with Gasteiger partial charge in [0.2, 0.25) is 0 Å². The summed E-state index contributed by atoms with van der Waals surface area (Å²) in [4.78, 5) is 54.3. The minimum atomic E-state index is -3.20. The van der Waals surface area contributed by atoms with Crippen LogP contribution in [-0.2, 0) is 30.6 Å². The van der Waals surface area contributed by atoms with Crippen LogP contribution in [0.4, 0.5) is 0 Å². The number of fused-ring (bicyclic) bond motifs is 1. The Morgan fingerprint density at radius 2 is 1.63 bits per heavy atom. The van der Waals surface area contributed by atoms with Crippen LogP contribution in [-0.4, -0.2) is 78.6 Å².